The third kappa shape index (κ3) is 4.51. The summed E-state index contributed by atoms with van der Waals surface area (Å²) in [5.41, 5.74) is 1.84. The Balaban J connectivity index is 0.000000921. The molecule has 0 radical (unpaired) electrons. The highest BCUT2D eigenvalue weighted by atomic mass is 14.3. The van der Waals surface area contributed by atoms with Crippen LogP contribution in [0.3, 0.4) is 0 Å². The Kier molecular flexibility index (Phi) is 6.31. The van der Waals surface area contributed by atoms with Crippen LogP contribution in [-0.2, 0) is 0 Å². The van der Waals surface area contributed by atoms with E-state index in [0.717, 1.165) is 0 Å². The van der Waals surface area contributed by atoms with Gasteiger partial charge in [-0.15, -0.1) is 0 Å². The van der Waals surface area contributed by atoms with Gasteiger partial charge in [-0.3, -0.25) is 0 Å². The standard InChI is InChI=1S/C13H20.C2H6/c1-5-12(13(2,3)4)11-9-7-6-8-10-11;1-2/h6-10,12H,5H2,1-4H3;1-2H3. The summed E-state index contributed by atoms with van der Waals surface area (Å²) in [6.45, 7) is 13.2. The molecule has 1 unspecified atom stereocenters. The van der Waals surface area contributed by atoms with Gasteiger partial charge < -0.3 is 0 Å². The van der Waals surface area contributed by atoms with E-state index in [1.54, 1.807) is 0 Å². The van der Waals surface area contributed by atoms with Crippen molar-refractivity contribution in [3.05, 3.63) is 35.9 Å². The van der Waals surface area contributed by atoms with E-state index in [-0.39, 0.29) is 0 Å². The Morgan fingerprint density at radius 3 is 1.80 bits per heavy atom. The van der Waals surface area contributed by atoms with Gasteiger partial charge in [-0.25, -0.2) is 0 Å². The minimum absolute atomic E-state index is 0.371. The predicted molar refractivity (Wildman–Crippen MR) is 70.3 cm³/mol. The van der Waals surface area contributed by atoms with Gasteiger partial charge in [0.1, 0.15) is 0 Å². The molecule has 0 nitrogen and oxygen atoms in total. The summed E-state index contributed by atoms with van der Waals surface area (Å²) in [5.74, 6) is 0.675. The maximum Gasteiger partial charge on any atom is -0.0116 e. The molecule has 86 valence electrons. The number of benzene rings is 1. The Labute approximate surface area is 95.7 Å². The Morgan fingerprint density at radius 1 is 1.00 bits per heavy atom. The average molecular weight is 206 g/mol. The van der Waals surface area contributed by atoms with Crippen LogP contribution in [0.15, 0.2) is 30.3 Å². The van der Waals surface area contributed by atoms with Gasteiger partial charge in [-0.2, -0.15) is 0 Å². The van der Waals surface area contributed by atoms with E-state index in [2.05, 4.69) is 58.0 Å². The first kappa shape index (κ1) is 14.2. The lowest BCUT2D eigenvalue weighted by atomic mass is 9.75. The van der Waals surface area contributed by atoms with Gasteiger partial charge in [0.15, 0.2) is 0 Å². The van der Waals surface area contributed by atoms with Crippen molar-refractivity contribution in [2.24, 2.45) is 5.41 Å². The molecule has 0 fully saturated rings. The minimum atomic E-state index is 0.371. The maximum absolute atomic E-state index is 2.31. The molecule has 0 spiro atoms. The second-order valence-corrected chi connectivity index (χ2v) is 4.74. The average Bonchev–Trinajstić information content (AvgIpc) is 2.21. The van der Waals surface area contributed by atoms with Crippen molar-refractivity contribution >= 4 is 0 Å². The highest BCUT2D eigenvalue weighted by Gasteiger charge is 2.23. The zero-order chi connectivity index (χ0) is 11.9. The van der Waals surface area contributed by atoms with Crippen LogP contribution in [0.25, 0.3) is 0 Å². The van der Waals surface area contributed by atoms with E-state index in [0.29, 0.717) is 11.3 Å². The molecule has 1 aromatic rings. The van der Waals surface area contributed by atoms with Crippen LogP contribution in [0, 0.1) is 5.41 Å². The molecular weight excluding hydrogens is 180 g/mol. The topological polar surface area (TPSA) is 0 Å². The molecule has 1 atom stereocenters. The fourth-order valence-corrected chi connectivity index (χ4v) is 2.03. The van der Waals surface area contributed by atoms with Gasteiger partial charge in [-0.05, 0) is 23.3 Å². The molecule has 0 aliphatic heterocycles. The highest BCUT2D eigenvalue weighted by molar-refractivity contribution is 5.21. The first-order chi connectivity index (χ1) is 7.05. The van der Waals surface area contributed by atoms with Crippen LogP contribution in [0.1, 0.15) is 59.4 Å². The zero-order valence-electron chi connectivity index (χ0n) is 11.2. The van der Waals surface area contributed by atoms with Crippen LogP contribution < -0.4 is 0 Å². The van der Waals surface area contributed by atoms with Crippen LogP contribution in [0.5, 0.6) is 0 Å². The lowest BCUT2D eigenvalue weighted by Crippen LogP contribution is -2.17. The molecule has 0 saturated heterocycles. The summed E-state index contributed by atoms with van der Waals surface area (Å²) in [7, 11) is 0. The molecule has 0 aromatic heterocycles. The first-order valence-corrected chi connectivity index (χ1v) is 6.10. The minimum Gasteiger partial charge on any atom is -0.0683 e. The highest BCUT2D eigenvalue weighted by Crippen LogP contribution is 2.37. The molecule has 1 aromatic carbocycles. The normalized spacial score (nSPS) is 12.7. The van der Waals surface area contributed by atoms with Crippen molar-refractivity contribution in [1.29, 1.82) is 0 Å². The zero-order valence-corrected chi connectivity index (χ0v) is 11.2. The largest absolute Gasteiger partial charge is 0.0683 e. The van der Waals surface area contributed by atoms with Crippen LogP contribution in [-0.4, -0.2) is 0 Å². The SMILES string of the molecule is CC.CCC(c1ccccc1)C(C)(C)C. The maximum atomic E-state index is 2.31. The van der Waals surface area contributed by atoms with Crippen molar-refractivity contribution < 1.29 is 0 Å². The second-order valence-electron chi connectivity index (χ2n) is 4.74. The summed E-state index contributed by atoms with van der Waals surface area (Å²) >= 11 is 0. The smallest absolute Gasteiger partial charge is 0.0116 e. The molecule has 1 rings (SSSR count). The van der Waals surface area contributed by atoms with E-state index < -0.39 is 0 Å². The summed E-state index contributed by atoms with van der Waals surface area (Å²) in [6, 6.07) is 10.8. The number of rotatable bonds is 2. The molecule has 0 N–H and O–H groups in total. The van der Waals surface area contributed by atoms with Crippen molar-refractivity contribution in [2.75, 3.05) is 0 Å². The van der Waals surface area contributed by atoms with Crippen LogP contribution in [0.4, 0.5) is 0 Å². The summed E-state index contributed by atoms with van der Waals surface area (Å²) in [4.78, 5) is 0. The molecule has 0 heteroatoms. The van der Waals surface area contributed by atoms with Gasteiger partial charge in [-0.1, -0.05) is 71.9 Å². The Hall–Kier alpha value is -0.780. The van der Waals surface area contributed by atoms with Gasteiger partial charge in [0.05, 0.1) is 0 Å². The third-order valence-corrected chi connectivity index (χ3v) is 2.66. The summed E-state index contributed by atoms with van der Waals surface area (Å²) in [5, 5.41) is 0. The molecule has 0 heterocycles. The number of hydrogen-bond acceptors (Lipinski definition) is 0. The molecule has 0 amide bonds. The van der Waals surface area contributed by atoms with Crippen molar-refractivity contribution in [3.63, 3.8) is 0 Å². The van der Waals surface area contributed by atoms with Gasteiger partial charge in [0.2, 0.25) is 0 Å². The molecule has 15 heavy (non-hydrogen) atoms. The van der Waals surface area contributed by atoms with Crippen molar-refractivity contribution in [3.8, 4) is 0 Å². The fourth-order valence-electron chi connectivity index (χ4n) is 2.03. The molecule has 0 bridgehead atoms. The van der Waals surface area contributed by atoms with Gasteiger partial charge in [0, 0.05) is 0 Å². The lowest BCUT2D eigenvalue weighted by molar-refractivity contribution is 0.312. The van der Waals surface area contributed by atoms with Gasteiger partial charge in [0.25, 0.3) is 0 Å². The summed E-state index contributed by atoms with van der Waals surface area (Å²) < 4.78 is 0. The third-order valence-electron chi connectivity index (χ3n) is 2.66. The Morgan fingerprint density at radius 2 is 1.47 bits per heavy atom. The van der Waals surface area contributed by atoms with E-state index in [9.17, 15) is 0 Å². The molecule has 0 aliphatic carbocycles. The molecule has 0 aliphatic rings. The molecule has 0 saturated carbocycles. The second kappa shape index (κ2) is 6.66. The predicted octanol–water partition coefficient (Wildman–Crippen LogP) is 5.25. The number of hydrogen-bond donors (Lipinski definition) is 0. The van der Waals surface area contributed by atoms with E-state index >= 15 is 0 Å². The van der Waals surface area contributed by atoms with E-state index in [1.165, 1.54) is 12.0 Å². The lowest BCUT2D eigenvalue weighted by Gasteiger charge is -2.30. The van der Waals surface area contributed by atoms with E-state index in [4.69, 9.17) is 0 Å². The van der Waals surface area contributed by atoms with Gasteiger partial charge >= 0.3 is 0 Å². The van der Waals surface area contributed by atoms with Crippen LogP contribution in [0.2, 0.25) is 0 Å². The fraction of sp³-hybridized carbons (Fsp3) is 0.600. The molecular formula is C15H26. The van der Waals surface area contributed by atoms with E-state index in [1.807, 2.05) is 13.8 Å². The summed E-state index contributed by atoms with van der Waals surface area (Å²) in [6.07, 6.45) is 1.22. The first-order valence-electron chi connectivity index (χ1n) is 6.10. The van der Waals surface area contributed by atoms with Crippen LogP contribution >= 0.6 is 0 Å². The quantitative estimate of drug-likeness (QED) is 0.619. The monoisotopic (exact) mass is 206 g/mol. The Bertz CT molecular complexity index is 240. The van der Waals surface area contributed by atoms with Crippen molar-refractivity contribution in [1.82, 2.24) is 0 Å². The van der Waals surface area contributed by atoms with Crippen molar-refractivity contribution in [2.45, 2.75) is 53.9 Å².